The van der Waals surface area contributed by atoms with Crippen molar-refractivity contribution in [2.75, 3.05) is 32.1 Å². The van der Waals surface area contributed by atoms with Gasteiger partial charge in [0.25, 0.3) is 5.91 Å². The third-order valence-electron chi connectivity index (χ3n) is 5.18. The lowest BCUT2D eigenvalue weighted by Gasteiger charge is -2.32. The smallest absolute Gasteiger partial charge is 0.251 e. The van der Waals surface area contributed by atoms with E-state index in [1.165, 1.54) is 0 Å². The lowest BCUT2D eigenvalue weighted by atomic mass is 10.00. The average molecular weight is 404 g/mol. The van der Waals surface area contributed by atoms with Gasteiger partial charge in [0.15, 0.2) is 5.78 Å². The van der Waals surface area contributed by atoms with Crippen LogP contribution in [0.25, 0.3) is 0 Å². The summed E-state index contributed by atoms with van der Waals surface area (Å²) in [7, 11) is 3.86. The first-order valence-corrected chi connectivity index (χ1v) is 10.2. The topological polar surface area (TPSA) is 79.0 Å². The molecule has 0 saturated carbocycles. The number of nitrogens with one attached hydrogen (secondary N) is 1. The van der Waals surface area contributed by atoms with Gasteiger partial charge in [-0.05, 0) is 50.5 Å². The van der Waals surface area contributed by atoms with Crippen molar-refractivity contribution in [1.82, 2.24) is 10.2 Å². The van der Waals surface area contributed by atoms with E-state index in [1.54, 1.807) is 24.0 Å². The van der Waals surface area contributed by atoms with E-state index in [2.05, 4.69) is 5.32 Å². The summed E-state index contributed by atoms with van der Waals surface area (Å²) in [5, 5.41) is 2.89. The van der Waals surface area contributed by atoms with Crippen molar-refractivity contribution in [2.24, 2.45) is 5.92 Å². The fourth-order valence-electron chi connectivity index (χ4n) is 3.61. The van der Waals surface area contributed by atoms with E-state index in [1.807, 2.05) is 51.9 Å². The van der Waals surface area contributed by atoms with Gasteiger partial charge in [-0.2, -0.15) is 0 Å². The van der Waals surface area contributed by atoms with E-state index in [4.69, 9.17) is 4.74 Å². The van der Waals surface area contributed by atoms with Crippen molar-refractivity contribution < 1.29 is 19.1 Å². The van der Waals surface area contributed by atoms with Gasteiger partial charge in [-0.3, -0.25) is 14.4 Å². The molecule has 160 valence electrons. The van der Waals surface area contributed by atoms with E-state index < -0.39 is 12.1 Å². The largest absolute Gasteiger partial charge is 0.378 e. The maximum atomic E-state index is 13.3. The number of hydrogen-bond donors (Lipinski definition) is 1. The molecule has 7 nitrogen and oxygen atoms in total. The summed E-state index contributed by atoms with van der Waals surface area (Å²) < 4.78 is 5.42. The van der Waals surface area contributed by atoms with Crippen molar-refractivity contribution in [1.29, 1.82) is 0 Å². The molecule has 1 aliphatic rings. The van der Waals surface area contributed by atoms with Crippen LogP contribution in [0.3, 0.4) is 0 Å². The highest BCUT2D eigenvalue weighted by molar-refractivity contribution is 5.99. The molecule has 1 aromatic carbocycles. The molecule has 0 bridgehead atoms. The summed E-state index contributed by atoms with van der Waals surface area (Å²) >= 11 is 0. The van der Waals surface area contributed by atoms with E-state index in [0.717, 1.165) is 5.69 Å². The maximum absolute atomic E-state index is 13.3. The molecular formula is C22H33N3O4. The summed E-state index contributed by atoms with van der Waals surface area (Å²) in [5.41, 5.74) is 1.48. The van der Waals surface area contributed by atoms with Gasteiger partial charge in [0.1, 0.15) is 18.7 Å². The minimum absolute atomic E-state index is 0.0229. The lowest BCUT2D eigenvalue weighted by molar-refractivity contribution is -0.140. The number of Topliss-reactive ketones (excluding diaryl/α,β-unsaturated/α-hetero) is 1. The predicted octanol–water partition coefficient (Wildman–Crippen LogP) is 2.10. The normalized spacial score (nSPS) is 19.9. The molecule has 0 spiro atoms. The Balaban J connectivity index is 2.19. The van der Waals surface area contributed by atoms with E-state index in [9.17, 15) is 14.4 Å². The number of ether oxygens (including phenoxy) is 1. The first-order valence-electron chi connectivity index (χ1n) is 10.2. The number of nitrogens with zero attached hydrogens (tertiary/aromatic N) is 2. The summed E-state index contributed by atoms with van der Waals surface area (Å²) in [6, 6.07) is 5.92. The van der Waals surface area contributed by atoms with Crippen molar-refractivity contribution in [3.05, 3.63) is 29.8 Å². The molecule has 0 radical (unpaired) electrons. The third-order valence-corrected chi connectivity index (χ3v) is 5.18. The van der Waals surface area contributed by atoms with Gasteiger partial charge in [-0.15, -0.1) is 0 Å². The molecule has 1 fully saturated rings. The molecule has 0 aromatic heterocycles. The summed E-state index contributed by atoms with van der Waals surface area (Å²) in [4.78, 5) is 41.8. The zero-order chi connectivity index (χ0) is 21.7. The van der Waals surface area contributed by atoms with Crippen LogP contribution in [0, 0.1) is 5.92 Å². The Labute approximate surface area is 173 Å². The molecule has 2 amide bonds. The Morgan fingerprint density at radius 3 is 2.28 bits per heavy atom. The number of benzene rings is 1. The van der Waals surface area contributed by atoms with Crippen LogP contribution in [0.5, 0.6) is 0 Å². The van der Waals surface area contributed by atoms with Crippen LogP contribution in [0.1, 0.15) is 44.5 Å². The highest BCUT2D eigenvalue weighted by Gasteiger charge is 2.41. The van der Waals surface area contributed by atoms with Crippen LogP contribution in [0.2, 0.25) is 0 Å². The van der Waals surface area contributed by atoms with E-state index in [-0.39, 0.29) is 36.2 Å². The van der Waals surface area contributed by atoms with Gasteiger partial charge in [0, 0.05) is 31.9 Å². The Kier molecular flexibility index (Phi) is 7.79. The SMILES string of the molecule is CCN(C(=O)C(CC(C)C)NC(=O)c1ccc(N(C)C)cc1)C1C(=O)COC1C. The molecule has 1 aliphatic heterocycles. The van der Waals surface area contributed by atoms with Crippen molar-refractivity contribution >= 4 is 23.3 Å². The fraction of sp³-hybridized carbons (Fsp3) is 0.591. The van der Waals surface area contributed by atoms with Gasteiger partial charge in [0.05, 0.1) is 6.10 Å². The summed E-state index contributed by atoms with van der Waals surface area (Å²) in [5.74, 6) is -0.434. The molecular weight excluding hydrogens is 370 g/mol. The number of hydrogen-bond acceptors (Lipinski definition) is 5. The molecule has 2 rings (SSSR count). The Hall–Kier alpha value is -2.41. The zero-order valence-corrected chi connectivity index (χ0v) is 18.3. The molecule has 0 aliphatic carbocycles. The van der Waals surface area contributed by atoms with Gasteiger partial charge in [0.2, 0.25) is 5.91 Å². The number of likely N-dealkylation sites (N-methyl/N-ethyl adjacent to an activating group) is 1. The number of carbonyl (C=O) groups is 3. The number of anilines is 1. The van der Waals surface area contributed by atoms with E-state index >= 15 is 0 Å². The molecule has 3 unspecified atom stereocenters. The number of rotatable bonds is 8. The minimum Gasteiger partial charge on any atom is -0.378 e. The molecule has 29 heavy (non-hydrogen) atoms. The van der Waals surface area contributed by atoms with Crippen LogP contribution in [-0.2, 0) is 14.3 Å². The minimum atomic E-state index is -0.698. The van der Waals surface area contributed by atoms with Crippen molar-refractivity contribution in [2.45, 2.75) is 52.3 Å². The van der Waals surface area contributed by atoms with Gasteiger partial charge < -0.3 is 19.9 Å². The quantitative estimate of drug-likeness (QED) is 0.719. The predicted molar refractivity (Wildman–Crippen MR) is 113 cm³/mol. The second-order valence-electron chi connectivity index (χ2n) is 8.15. The monoisotopic (exact) mass is 403 g/mol. The first kappa shape index (κ1) is 22.9. The van der Waals surface area contributed by atoms with Crippen molar-refractivity contribution in [3.63, 3.8) is 0 Å². The first-order chi connectivity index (χ1) is 13.6. The number of amides is 2. The maximum Gasteiger partial charge on any atom is 0.251 e. The summed E-state index contributed by atoms with van der Waals surface area (Å²) in [6.45, 7) is 8.04. The molecule has 7 heteroatoms. The number of ketones is 1. The van der Waals surface area contributed by atoms with Crippen LogP contribution in [0.4, 0.5) is 5.69 Å². The Morgan fingerprint density at radius 1 is 1.21 bits per heavy atom. The van der Waals surface area contributed by atoms with Gasteiger partial charge in [-0.1, -0.05) is 13.8 Å². The lowest BCUT2D eigenvalue weighted by Crippen LogP contribution is -2.55. The Morgan fingerprint density at radius 2 is 1.83 bits per heavy atom. The molecule has 1 aromatic rings. The number of carbonyl (C=O) groups excluding carboxylic acids is 3. The standard InChI is InChI=1S/C22H33N3O4/c1-7-25(20-15(4)29-13-19(20)26)22(28)18(12-14(2)3)23-21(27)16-8-10-17(11-9-16)24(5)6/h8-11,14-15,18,20H,7,12-13H2,1-6H3,(H,23,27). The van der Waals surface area contributed by atoms with Crippen LogP contribution in [-0.4, -0.2) is 67.9 Å². The molecule has 3 atom stereocenters. The third kappa shape index (κ3) is 5.56. The Bertz CT molecular complexity index is 730. The van der Waals surface area contributed by atoms with E-state index in [0.29, 0.717) is 18.5 Å². The highest BCUT2D eigenvalue weighted by atomic mass is 16.5. The van der Waals surface area contributed by atoms with Crippen molar-refractivity contribution in [3.8, 4) is 0 Å². The highest BCUT2D eigenvalue weighted by Crippen LogP contribution is 2.20. The molecule has 1 heterocycles. The second kappa shape index (κ2) is 9.87. The van der Waals surface area contributed by atoms with Gasteiger partial charge in [-0.25, -0.2) is 0 Å². The zero-order valence-electron chi connectivity index (χ0n) is 18.3. The van der Waals surface area contributed by atoms with Crippen LogP contribution >= 0.6 is 0 Å². The fourth-order valence-corrected chi connectivity index (χ4v) is 3.61. The average Bonchev–Trinajstić information content (AvgIpc) is 3.00. The van der Waals surface area contributed by atoms with Crippen LogP contribution < -0.4 is 10.2 Å². The summed E-state index contributed by atoms with van der Waals surface area (Å²) in [6.07, 6.45) is 0.146. The second-order valence-corrected chi connectivity index (χ2v) is 8.15. The van der Waals surface area contributed by atoms with Crippen LogP contribution in [0.15, 0.2) is 24.3 Å². The van der Waals surface area contributed by atoms with Gasteiger partial charge >= 0.3 is 0 Å². The molecule has 1 saturated heterocycles. The molecule has 1 N–H and O–H groups in total.